The fraction of sp³-hybridized carbons (Fsp3) is 0.294. The summed E-state index contributed by atoms with van der Waals surface area (Å²) < 4.78 is 0. The highest BCUT2D eigenvalue weighted by Crippen LogP contribution is 2.35. The summed E-state index contributed by atoms with van der Waals surface area (Å²) in [6, 6.07) is 19.6. The van der Waals surface area contributed by atoms with Gasteiger partial charge in [0, 0.05) is 18.0 Å². The van der Waals surface area contributed by atoms with Crippen molar-refractivity contribution in [3.63, 3.8) is 0 Å². The fourth-order valence-corrected chi connectivity index (χ4v) is 2.69. The Kier molecular flexibility index (Phi) is 2.71. The molecule has 1 aliphatic rings. The maximum absolute atomic E-state index is 3.48. The van der Waals surface area contributed by atoms with Crippen molar-refractivity contribution in [1.29, 1.82) is 0 Å². The maximum Gasteiger partial charge on any atom is 0.0206 e. The molecule has 0 aromatic heterocycles. The van der Waals surface area contributed by atoms with Crippen LogP contribution in [-0.4, -0.2) is 12.1 Å². The van der Waals surface area contributed by atoms with Crippen LogP contribution in [0.1, 0.15) is 25.3 Å². The molecule has 1 unspecified atom stereocenters. The van der Waals surface area contributed by atoms with Crippen LogP contribution in [0, 0.1) is 0 Å². The maximum atomic E-state index is 3.48. The van der Waals surface area contributed by atoms with E-state index < -0.39 is 0 Å². The minimum absolute atomic E-state index is 0.244. The standard InChI is InChI=1S/C17H19N/c1-17(2)16(12-18-17)15-10-8-14(9-11-15)13-6-4-3-5-7-13/h3-11,16,18H,12H2,1-2H3. The molecule has 92 valence electrons. The van der Waals surface area contributed by atoms with E-state index in [2.05, 4.69) is 73.8 Å². The van der Waals surface area contributed by atoms with Crippen LogP contribution in [0.25, 0.3) is 11.1 Å². The lowest BCUT2D eigenvalue weighted by Gasteiger charge is -2.46. The minimum Gasteiger partial charge on any atom is -0.310 e. The summed E-state index contributed by atoms with van der Waals surface area (Å²) in [6.07, 6.45) is 0. The van der Waals surface area contributed by atoms with Gasteiger partial charge in [0.1, 0.15) is 0 Å². The summed E-state index contributed by atoms with van der Waals surface area (Å²) in [7, 11) is 0. The summed E-state index contributed by atoms with van der Waals surface area (Å²) in [4.78, 5) is 0. The predicted octanol–water partition coefficient (Wildman–Crippen LogP) is 3.82. The molecule has 1 heteroatoms. The van der Waals surface area contributed by atoms with Gasteiger partial charge in [-0.15, -0.1) is 0 Å². The van der Waals surface area contributed by atoms with E-state index in [4.69, 9.17) is 0 Å². The van der Waals surface area contributed by atoms with Crippen LogP contribution in [0.5, 0.6) is 0 Å². The first-order valence-corrected chi connectivity index (χ1v) is 6.57. The molecule has 1 N–H and O–H groups in total. The molecule has 0 saturated carbocycles. The van der Waals surface area contributed by atoms with Gasteiger partial charge in [-0.1, -0.05) is 54.6 Å². The highest BCUT2D eigenvalue weighted by Gasteiger charge is 2.38. The molecular formula is C17H19N. The molecular weight excluding hydrogens is 218 g/mol. The first-order chi connectivity index (χ1) is 8.67. The van der Waals surface area contributed by atoms with Gasteiger partial charge in [-0.3, -0.25) is 0 Å². The summed E-state index contributed by atoms with van der Waals surface area (Å²) >= 11 is 0. The summed E-state index contributed by atoms with van der Waals surface area (Å²) in [5.74, 6) is 0.641. The summed E-state index contributed by atoms with van der Waals surface area (Å²) in [5, 5.41) is 3.48. The van der Waals surface area contributed by atoms with E-state index in [9.17, 15) is 0 Å². The Morgan fingerprint density at radius 2 is 1.50 bits per heavy atom. The number of rotatable bonds is 2. The molecule has 1 saturated heterocycles. The molecule has 0 bridgehead atoms. The Bertz CT molecular complexity index is 525. The number of hydrogen-bond acceptors (Lipinski definition) is 1. The van der Waals surface area contributed by atoms with Gasteiger partial charge >= 0.3 is 0 Å². The summed E-state index contributed by atoms with van der Waals surface area (Å²) in [6.45, 7) is 5.64. The van der Waals surface area contributed by atoms with Crippen LogP contribution in [0.15, 0.2) is 54.6 Å². The highest BCUT2D eigenvalue weighted by atomic mass is 15.1. The van der Waals surface area contributed by atoms with E-state index >= 15 is 0 Å². The van der Waals surface area contributed by atoms with Crippen LogP contribution < -0.4 is 5.32 Å². The second kappa shape index (κ2) is 4.25. The normalized spacial score (nSPS) is 21.3. The monoisotopic (exact) mass is 237 g/mol. The lowest BCUT2D eigenvalue weighted by molar-refractivity contribution is 0.208. The van der Waals surface area contributed by atoms with E-state index in [1.54, 1.807) is 0 Å². The number of hydrogen-bond donors (Lipinski definition) is 1. The zero-order chi connectivity index (χ0) is 12.6. The van der Waals surface area contributed by atoms with Gasteiger partial charge in [-0.2, -0.15) is 0 Å². The van der Waals surface area contributed by atoms with Gasteiger partial charge in [0.05, 0.1) is 0 Å². The van der Waals surface area contributed by atoms with Gasteiger partial charge < -0.3 is 5.32 Å². The van der Waals surface area contributed by atoms with Crippen molar-refractivity contribution >= 4 is 0 Å². The summed E-state index contributed by atoms with van der Waals surface area (Å²) in [5.41, 5.74) is 4.27. The first-order valence-electron chi connectivity index (χ1n) is 6.57. The Hall–Kier alpha value is -1.60. The van der Waals surface area contributed by atoms with Crippen LogP contribution in [0.3, 0.4) is 0 Å². The van der Waals surface area contributed by atoms with Crippen molar-refractivity contribution in [2.75, 3.05) is 6.54 Å². The van der Waals surface area contributed by atoms with E-state index in [0.29, 0.717) is 5.92 Å². The third kappa shape index (κ3) is 1.95. The zero-order valence-electron chi connectivity index (χ0n) is 11.0. The molecule has 2 aromatic rings. The van der Waals surface area contributed by atoms with Crippen molar-refractivity contribution in [3.05, 3.63) is 60.2 Å². The van der Waals surface area contributed by atoms with Gasteiger partial charge in [-0.05, 0) is 30.5 Å². The molecule has 1 aliphatic heterocycles. The van der Waals surface area contributed by atoms with Crippen LogP contribution in [-0.2, 0) is 0 Å². The molecule has 0 aliphatic carbocycles. The quantitative estimate of drug-likeness (QED) is 0.837. The Labute approximate surface area is 109 Å². The SMILES string of the molecule is CC1(C)NCC1c1ccc(-c2ccccc2)cc1. The molecule has 18 heavy (non-hydrogen) atoms. The second-order valence-corrected chi connectivity index (χ2v) is 5.64. The molecule has 0 spiro atoms. The lowest BCUT2D eigenvalue weighted by Crippen LogP contribution is -2.59. The van der Waals surface area contributed by atoms with E-state index in [-0.39, 0.29) is 5.54 Å². The second-order valence-electron chi connectivity index (χ2n) is 5.64. The fourth-order valence-electron chi connectivity index (χ4n) is 2.69. The molecule has 0 amide bonds. The molecule has 3 rings (SSSR count). The highest BCUT2D eigenvalue weighted by molar-refractivity contribution is 5.63. The Morgan fingerprint density at radius 3 is 2.00 bits per heavy atom. The predicted molar refractivity (Wildman–Crippen MR) is 76.7 cm³/mol. The van der Waals surface area contributed by atoms with Crippen LogP contribution in [0.4, 0.5) is 0 Å². The average Bonchev–Trinajstić information content (AvgIpc) is 2.39. The van der Waals surface area contributed by atoms with Crippen molar-refractivity contribution in [2.45, 2.75) is 25.3 Å². The first kappa shape index (κ1) is 11.5. The van der Waals surface area contributed by atoms with Crippen molar-refractivity contribution in [3.8, 4) is 11.1 Å². The number of nitrogens with one attached hydrogen (secondary N) is 1. The third-order valence-corrected chi connectivity index (χ3v) is 4.05. The van der Waals surface area contributed by atoms with Crippen LogP contribution >= 0.6 is 0 Å². The lowest BCUT2D eigenvalue weighted by atomic mass is 9.75. The number of benzene rings is 2. The molecule has 1 nitrogen and oxygen atoms in total. The van der Waals surface area contributed by atoms with Gasteiger partial charge in [-0.25, -0.2) is 0 Å². The smallest absolute Gasteiger partial charge is 0.0206 e. The van der Waals surface area contributed by atoms with Gasteiger partial charge in [0.15, 0.2) is 0 Å². The van der Waals surface area contributed by atoms with E-state index in [0.717, 1.165) is 6.54 Å². The molecule has 2 aromatic carbocycles. The molecule has 0 radical (unpaired) electrons. The molecule has 1 heterocycles. The third-order valence-electron chi connectivity index (χ3n) is 4.05. The topological polar surface area (TPSA) is 12.0 Å². The average molecular weight is 237 g/mol. The Morgan fingerprint density at radius 1 is 0.889 bits per heavy atom. The van der Waals surface area contributed by atoms with Gasteiger partial charge in [0.25, 0.3) is 0 Å². The Balaban J connectivity index is 1.86. The largest absolute Gasteiger partial charge is 0.310 e. The van der Waals surface area contributed by atoms with Crippen LogP contribution in [0.2, 0.25) is 0 Å². The van der Waals surface area contributed by atoms with Crippen molar-refractivity contribution in [1.82, 2.24) is 5.32 Å². The minimum atomic E-state index is 0.244. The van der Waals surface area contributed by atoms with Gasteiger partial charge in [0.2, 0.25) is 0 Å². The van der Waals surface area contributed by atoms with E-state index in [1.165, 1.54) is 16.7 Å². The van der Waals surface area contributed by atoms with Crippen molar-refractivity contribution in [2.24, 2.45) is 0 Å². The molecule has 1 atom stereocenters. The molecule has 1 fully saturated rings. The van der Waals surface area contributed by atoms with E-state index in [1.807, 2.05) is 0 Å². The van der Waals surface area contributed by atoms with Crippen molar-refractivity contribution < 1.29 is 0 Å². The zero-order valence-corrected chi connectivity index (χ0v) is 11.0.